The minimum atomic E-state index is -0.982. The molecule has 1 aliphatic heterocycles. The number of nitrogens with one attached hydrogen (secondary N) is 1. The van der Waals surface area contributed by atoms with E-state index in [1.54, 1.807) is 17.5 Å². The lowest BCUT2D eigenvalue weighted by Gasteiger charge is -2.32. The molecule has 0 aliphatic carbocycles. The molecule has 0 bridgehead atoms. The van der Waals surface area contributed by atoms with Crippen LogP contribution in [0.3, 0.4) is 0 Å². The van der Waals surface area contributed by atoms with Gasteiger partial charge in [0, 0.05) is 13.5 Å². The molecule has 130 valence electrons. The zero-order valence-corrected chi connectivity index (χ0v) is 15.3. The summed E-state index contributed by atoms with van der Waals surface area (Å²) in [5.74, 6) is -1.16. The molecule has 1 aromatic rings. The number of carboxylic acids is 1. The summed E-state index contributed by atoms with van der Waals surface area (Å²) >= 11 is 1.15. The Hall–Kier alpha value is -1.64. The highest BCUT2D eigenvalue weighted by Crippen LogP contribution is 2.39. The molecule has 0 aromatic carbocycles. The van der Waals surface area contributed by atoms with Crippen LogP contribution in [0.4, 0.5) is 0 Å². The lowest BCUT2D eigenvalue weighted by atomic mass is 9.77. The Morgan fingerprint density at radius 3 is 2.38 bits per heavy atom. The number of hydrogen-bond acceptors (Lipinski definition) is 5. The van der Waals surface area contributed by atoms with Crippen molar-refractivity contribution in [2.75, 3.05) is 6.54 Å². The number of aromatic carboxylic acids is 1. The Kier molecular flexibility index (Phi) is 5.22. The second kappa shape index (κ2) is 6.70. The molecular formula is C16H22BNO5S. The number of carbonyl (C=O) groups excluding carboxylic acids is 1. The van der Waals surface area contributed by atoms with Crippen LogP contribution in [0.25, 0.3) is 6.08 Å². The largest absolute Gasteiger partial charge is 0.492 e. The van der Waals surface area contributed by atoms with Gasteiger partial charge in [0.05, 0.1) is 11.2 Å². The summed E-state index contributed by atoms with van der Waals surface area (Å²) in [7, 11) is -0.650. The van der Waals surface area contributed by atoms with Crippen molar-refractivity contribution in [1.82, 2.24) is 5.32 Å². The van der Waals surface area contributed by atoms with E-state index in [0.717, 1.165) is 11.3 Å². The van der Waals surface area contributed by atoms with Gasteiger partial charge in [-0.15, -0.1) is 11.3 Å². The number of hydrogen-bond donors (Lipinski definition) is 2. The fourth-order valence-electron chi connectivity index (χ4n) is 2.23. The molecule has 0 saturated carbocycles. The molecule has 1 aliphatic rings. The molecule has 1 saturated heterocycles. The van der Waals surface area contributed by atoms with Crippen LogP contribution in [-0.2, 0) is 14.1 Å². The molecule has 2 N–H and O–H groups in total. The Labute approximate surface area is 146 Å². The van der Waals surface area contributed by atoms with Crippen molar-refractivity contribution in [2.24, 2.45) is 0 Å². The average Bonchev–Trinajstić information content (AvgIpc) is 2.97. The third-order valence-corrected chi connectivity index (χ3v) is 5.25. The van der Waals surface area contributed by atoms with Crippen LogP contribution in [-0.4, -0.2) is 41.8 Å². The van der Waals surface area contributed by atoms with Crippen molar-refractivity contribution in [1.29, 1.82) is 0 Å². The third-order valence-electron chi connectivity index (χ3n) is 4.33. The van der Waals surface area contributed by atoms with Gasteiger partial charge < -0.3 is 19.7 Å². The van der Waals surface area contributed by atoms with Gasteiger partial charge in [-0.1, -0.05) is 6.08 Å². The van der Waals surface area contributed by atoms with Gasteiger partial charge in [0.1, 0.15) is 4.88 Å². The smallest absolute Gasteiger partial charge is 0.477 e. The minimum Gasteiger partial charge on any atom is -0.477 e. The van der Waals surface area contributed by atoms with E-state index in [4.69, 9.17) is 9.31 Å². The summed E-state index contributed by atoms with van der Waals surface area (Å²) in [5.41, 5.74) is 0.210. The van der Waals surface area contributed by atoms with E-state index in [1.165, 1.54) is 6.92 Å². The van der Waals surface area contributed by atoms with Crippen LogP contribution < -0.4 is 5.32 Å². The highest BCUT2D eigenvalue weighted by molar-refractivity contribution is 7.12. The van der Waals surface area contributed by atoms with E-state index in [1.807, 2.05) is 27.7 Å². The number of rotatable bonds is 5. The third kappa shape index (κ3) is 3.88. The summed E-state index contributed by atoms with van der Waals surface area (Å²) in [4.78, 5) is 22.8. The fourth-order valence-corrected chi connectivity index (χ4v) is 2.94. The molecule has 6 nitrogen and oxygen atoms in total. The van der Waals surface area contributed by atoms with Gasteiger partial charge in [0.15, 0.2) is 0 Å². The SMILES string of the molecule is CC(=O)NCC(=Cc1ccsc1C(=O)O)B1OC(C)(C)C(C)(C)O1. The van der Waals surface area contributed by atoms with Crippen molar-refractivity contribution in [2.45, 2.75) is 45.8 Å². The topological polar surface area (TPSA) is 84.9 Å². The van der Waals surface area contributed by atoms with Gasteiger partial charge in [-0.05, 0) is 50.2 Å². The Morgan fingerprint density at radius 2 is 1.88 bits per heavy atom. The average molecular weight is 351 g/mol. The molecule has 0 atom stereocenters. The van der Waals surface area contributed by atoms with Crippen molar-refractivity contribution in [3.63, 3.8) is 0 Å². The zero-order valence-electron chi connectivity index (χ0n) is 14.5. The quantitative estimate of drug-likeness (QED) is 0.797. The van der Waals surface area contributed by atoms with E-state index < -0.39 is 24.3 Å². The molecule has 1 fully saturated rings. The van der Waals surface area contributed by atoms with Crippen LogP contribution in [0, 0.1) is 0 Å². The number of carbonyl (C=O) groups is 2. The monoisotopic (exact) mass is 351 g/mol. The molecule has 0 spiro atoms. The van der Waals surface area contributed by atoms with Crippen LogP contribution in [0.2, 0.25) is 0 Å². The van der Waals surface area contributed by atoms with Gasteiger partial charge >= 0.3 is 13.1 Å². The zero-order chi connectivity index (χ0) is 18.1. The van der Waals surface area contributed by atoms with Crippen LogP contribution >= 0.6 is 11.3 Å². The van der Waals surface area contributed by atoms with E-state index in [9.17, 15) is 14.7 Å². The molecule has 2 rings (SSSR count). The van der Waals surface area contributed by atoms with Gasteiger partial charge in [0.25, 0.3) is 0 Å². The maximum Gasteiger partial charge on any atom is 0.492 e. The van der Waals surface area contributed by atoms with Crippen molar-refractivity contribution >= 4 is 36.4 Å². The van der Waals surface area contributed by atoms with Crippen LogP contribution in [0.1, 0.15) is 49.9 Å². The first-order valence-corrected chi connectivity index (χ1v) is 8.53. The predicted octanol–water partition coefficient (Wildman–Crippen LogP) is 2.60. The normalized spacial score (nSPS) is 19.4. The van der Waals surface area contributed by atoms with E-state index in [-0.39, 0.29) is 17.3 Å². The second-order valence-electron chi connectivity index (χ2n) is 6.73. The van der Waals surface area contributed by atoms with Crippen molar-refractivity contribution in [3.8, 4) is 0 Å². The first-order valence-electron chi connectivity index (χ1n) is 7.65. The second-order valence-corrected chi connectivity index (χ2v) is 7.64. The summed E-state index contributed by atoms with van der Waals surface area (Å²) in [6.07, 6.45) is 1.72. The number of thiophene rings is 1. The van der Waals surface area contributed by atoms with Gasteiger partial charge in [-0.2, -0.15) is 0 Å². The molecular weight excluding hydrogens is 329 g/mol. The van der Waals surface area contributed by atoms with Crippen LogP contribution in [0.5, 0.6) is 0 Å². The lowest BCUT2D eigenvalue weighted by molar-refractivity contribution is -0.118. The summed E-state index contributed by atoms with van der Waals surface area (Å²) < 4.78 is 12.0. The standard InChI is InChI=1S/C16H22BNO5S/c1-10(19)18-9-12(8-11-6-7-24-13(11)14(20)21)17-22-15(2,3)16(4,5)23-17/h6-8H,9H2,1-5H3,(H,18,19)(H,20,21). The van der Waals surface area contributed by atoms with E-state index in [2.05, 4.69) is 5.32 Å². The number of amides is 1. The van der Waals surface area contributed by atoms with Gasteiger partial charge in [0.2, 0.25) is 5.91 Å². The highest BCUT2D eigenvalue weighted by Gasteiger charge is 2.52. The Bertz CT molecular complexity index is 664. The predicted molar refractivity (Wildman–Crippen MR) is 94.0 cm³/mol. The lowest BCUT2D eigenvalue weighted by Crippen LogP contribution is -2.41. The van der Waals surface area contributed by atoms with E-state index in [0.29, 0.717) is 11.0 Å². The van der Waals surface area contributed by atoms with Gasteiger partial charge in [-0.3, -0.25) is 4.79 Å². The fraction of sp³-hybridized carbons (Fsp3) is 0.500. The maximum absolute atomic E-state index is 11.3. The molecule has 1 amide bonds. The number of carboxylic acid groups (broad SMARTS) is 1. The molecule has 8 heteroatoms. The van der Waals surface area contributed by atoms with Gasteiger partial charge in [-0.25, -0.2) is 4.79 Å². The Balaban J connectivity index is 2.35. The highest BCUT2D eigenvalue weighted by atomic mass is 32.1. The molecule has 24 heavy (non-hydrogen) atoms. The maximum atomic E-state index is 11.3. The molecule has 2 heterocycles. The molecule has 0 unspecified atom stereocenters. The first kappa shape index (κ1) is 18.7. The summed E-state index contributed by atoms with van der Waals surface area (Å²) in [6, 6.07) is 1.73. The molecule has 0 radical (unpaired) electrons. The minimum absolute atomic E-state index is 0.179. The molecule has 1 aromatic heterocycles. The summed E-state index contributed by atoms with van der Waals surface area (Å²) in [5, 5.41) is 13.7. The van der Waals surface area contributed by atoms with Crippen LogP contribution in [0.15, 0.2) is 16.9 Å². The van der Waals surface area contributed by atoms with Crippen molar-refractivity contribution < 1.29 is 24.0 Å². The van der Waals surface area contributed by atoms with Crippen molar-refractivity contribution in [3.05, 3.63) is 27.4 Å². The first-order chi connectivity index (χ1) is 11.0. The summed E-state index contributed by atoms with van der Waals surface area (Å²) in [6.45, 7) is 9.41. The Morgan fingerprint density at radius 1 is 1.29 bits per heavy atom. The van der Waals surface area contributed by atoms with E-state index >= 15 is 0 Å².